The van der Waals surface area contributed by atoms with Crippen LogP contribution in [-0.2, 0) is 11.3 Å². The Bertz CT molecular complexity index is 717. The van der Waals surface area contributed by atoms with Gasteiger partial charge >= 0.3 is 0 Å². The number of hydrogen-bond acceptors (Lipinski definition) is 2. The Hall–Kier alpha value is -1.60. The van der Waals surface area contributed by atoms with Crippen LogP contribution in [0.3, 0.4) is 0 Å². The van der Waals surface area contributed by atoms with E-state index in [2.05, 4.69) is 41.5 Å². The van der Waals surface area contributed by atoms with Gasteiger partial charge in [0.05, 0.1) is 12.6 Å². The lowest BCUT2D eigenvalue weighted by Gasteiger charge is -2.11. The molecule has 3 rings (SSSR count). The van der Waals surface area contributed by atoms with Crippen molar-refractivity contribution in [2.75, 3.05) is 12.4 Å². The highest BCUT2D eigenvalue weighted by atomic mass is 127. The van der Waals surface area contributed by atoms with Crippen LogP contribution >= 0.6 is 24.0 Å². The van der Waals surface area contributed by atoms with Gasteiger partial charge in [0.2, 0.25) is 0 Å². The van der Waals surface area contributed by atoms with Crippen molar-refractivity contribution >= 4 is 35.6 Å². The molecule has 5 heteroatoms. The van der Waals surface area contributed by atoms with Crippen LogP contribution < -0.4 is 11.1 Å². The van der Waals surface area contributed by atoms with Gasteiger partial charge in [0.15, 0.2) is 5.96 Å². The lowest BCUT2D eigenvalue weighted by atomic mass is 10.0. The van der Waals surface area contributed by atoms with Gasteiger partial charge in [-0.3, -0.25) is 0 Å². The van der Waals surface area contributed by atoms with Crippen molar-refractivity contribution in [2.45, 2.75) is 31.9 Å². The molecule has 0 radical (unpaired) electrons. The summed E-state index contributed by atoms with van der Waals surface area (Å²) >= 11 is 0. The van der Waals surface area contributed by atoms with Crippen LogP contribution in [0.5, 0.6) is 0 Å². The maximum absolute atomic E-state index is 6.09. The number of ether oxygens (including phenoxy) is 1. The molecule has 0 saturated heterocycles. The molecule has 1 fully saturated rings. The van der Waals surface area contributed by atoms with Crippen LogP contribution in [0, 0.1) is 6.92 Å². The van der Waals surface area contributed by atoms with Crippen molar-refractivity contribution in [1.82, 2.24) is 0 Å². The average molecular weight is 437 g/mol. The molecule has 24 heavy (non-hydrogen) atoms. The molecular weight excluding hydrogens is 413 g/mol. The second-order valence-electron chi connectivity index (χ2n) is 6.00. The highest BCUT2D eigenvalue weighted by Gasteiger charge is 2.39. The van der Waals surface area contributed by atoms with Crippen LogP contribution in [0.25, 0.3) is 0 Å². The molecule has 1 aliphatic carbocycles. The highest BCUT2D eigenvalue weighted by Crippen LogP contribution is 2.44. The van der Waals surface area contributed by atoms with Gasteiger partial charge in [0.25, 0.3) is 0 Å². The predicted octanol–water partition coefficient (Wildman–Crippen LogP) is 4.04. The van der Waals surface area contributed by atoms with E-state index < -0.39 is 0 Å². The average Bonchev–Trinajstić information content (AvgIpc) is 3.28. The summed E-state index contributed by atoms with van der Waals surface area (Å²) in [6.07, 6.45) is 1.06. The Morgan fingerprint density at radius 2 is 1.92 bits per heavy atom. The number of guanidine groups is 1. The Balaban J connectivity index is 0.00000208. The topological polar surface area (TPSA) is 59.6 Å². The summed E-state index contributed by atoms with van der Waals surface area (Å²) in [7, 11) is 1.69. The number of halogens is 1. The van der Waals surface area contributed by atoms with Gasteiger partial charge in [-0.1, -0.05) is 42.5 Å². The van der Waals surface area contributed by atoms with Crippen LogP contribution in [-0.4, -0.2) is 19.1 Å². The quantitative estimate of drug-likeness (QED) is 0.422. The van der Waals surface area contributed by atoms with E-state index in [0.29, 0.717) is 18.5 Å². The summed E-state index contributed by atoms with van der Waals surface area (Å²) in [5.41, 5.74) is 10.8. The van der Waals surface area contributed by atoms with Gasteiger partial charge < -0.3 is 15.8 Å². The Labute approximate surface area is 160 Å². The van der Waals surface area contributed by atoms with Gasteiger partial charge in [-0.25, -0.2) is 4.99 Å². The fourth-order valence-corrected chi connectivity index (χ4v) is 2.93. The van der Waals surface area contributed by atoms with Crippen LogP contribution in [0.2, 0.25) is 0 Å². The first-order valence-corrected chi connectivity index (χ1v) is 7.91. The number of nitrogens with one attached hydrogen (secondary N) is 1. The summed E-state index contributed by atoms with van der Waals surface area (Å²) < 4.78 is 5.21. The summed E-state index contributed by atoms with van der Waals surface area (Å²) in [6, 6.07) is 16.7. The summed E-state index contributed by atoms with van der Waals surface area (Å²) in [4.78, 5) is 4.63. The summed E-state index contributed by atoms with van der Waals surface area (Å²) in [5, 5.41) is 3.20. The maximum Gasteiger partial charge on any atom is 0.193 e. The maximum atomic E-state index is 6.09. The molecule has 1 aliphatic rings. The van der Waals surface area contributed by atoms with Gasteiger partial charge in [0.1, 0.15) is 0 Å². The molecule has 2 aromatic rings. The molecule has 3 N–H and O–H groups in total. The molecule has 0 aromatic heterocycles. The van der Waals surface area contributed by atoms with E-state index >= 15 is 0 Å². The minimum Gasteiger partial charge on any atom is -0.380 e. The number of para-hydroxylation sites is 1. The fraction of sp³-hybridized carbons (Fsp3) is 0.316. The first-order chi connectivity index (χ1) is 11.2. The van der Waals surface area contributed by atoms with E-state index in [-0.39, 0.29) is 30.0 Å². The number of hydrogen-bond donors (Lipinski definition) is 2. The van der Waals surface area contributed by atoms with Crippen molar-refractivity contribution in [2.24, 2.45) is 10.7 Å². The molecule has 4 nitrogen and oxygen atoms in total. The van der Waals surface area contributed by atoms with Gasteiger partial charge in [-0.2, -0.15) is 0 Å². The first-order valence-electron chi connectivity index (χ1n) is 7.91. The zero-order valence-electron chi connectivity index (χ0n) is 14.0. The van der Waals surface area contributed by atoms with Crippen molar-refractivity contribution < 1.29 is 4.74 Å². The lowest BCUT2D eigenvalue weighted by Crippen LogP contribution is -2.24. The number of methoxy groups -OCH3 is 1. The lowest BCUT2D eigenvalue weighted by molar-refractivity contribution is 0.185. The molecule has 0 amide bonds. The molecule has 2 unspecified atom stereocenters. The number of aliphatic imine (C=N–C) groups is 1. The second-order valence-corrected chi connectivity index (χ2v) is 6.00. The molecule has 1 saturated carbocycles. The van der Waals surface area contributed by atoms with Crippen molar-refractivity contribution in [1.29, 1.82) is 0 Å². The number of rotatable bonds is 5. The van der Waals surface area contributed by atoms with Crippen molar-refractivity contribution in [3.63, 3.8) is 0 Å². The smallest absolute Gasteiger partial charge is 0.193 e. The van der Waals surface area contributed by atoms with Gasteiger partial charge in [-0.15, -0.1) is 24.0 Å². The zero-order valence-corrected chi connectivity index (χ0v) is 16.4. The van der Waals surface area contributed by atoms with Gasteiger partial charge in [0, 0.05) is 24.3 Å². The third-order valence-corrected chi connectivity index (χ3v) is 4.23. The summed E-state index contributed by atoms with van der Waals surface area (Å²) in [5.74, 6) is 0.959. The molecule has 2 aromatic carbocycles. The molecule has 0 heterocycles. The van der Waals surface area contributed by atoms with Crippen LogP contribution in [0.4, 0.5) is 5.69 Å². The third-order valence-electron chi connectivity index (χ3n) is 4.23. The first kappa shape index (κ1) is 18.7. The molecule has 2 atom stereocenters. The number of benzene rings is 2. The normalized spacial score (nSPS) is 19.5. The minimum atomic E-state index is 0. The minimum absolute atomic E-state index is 0. The van der Waals surface area contributed by atoms with E-state index in [9.17, 15) is 0 Å². The highest BCUT2D eigenvalue weighted by molar-refractivity contribution is 14.0. The fourth-order valence-electron chi connectivity index (χ4n) is 2.93. The Morgan fingerprint density at radius 3 is 2.67 bits per heavy atom. The predicted molar refractivity (Wildman–Crippen MR) is 110 cm³/mol. The van der Waals surface area contributed by atoms with E-state index in [1.807, 2.05) is 24.3 Å². The van der Waals surface area contributed by atoms with Crippen LogP contribution in [0.15, 0.2) is 53.5 Å². The van der Waals surface area contributed by atoms with E-state index in [0.717, 1.165) is 17.7 Å². The molecule has 0 spiro atoms. The second kappa shape index (κ2) is 8.48. The molecule has 0 aliphatic heterocycles. The van der Waals surface area contributed by atoms with E-state index in [1.54, 1.807) is 7.11 Å². The van der Waals surface area contributed by atoms with Gasteiger partial charge in [-0.05, 0) is 30.5 Å². The molecule has 128 valence electrons. The number of aryl methyl sites for hydroxylation is 1. The Kier molecular flexibility index (Phi) is 6.62. The molecule has 0 bridgehead atoms. The monoisotopic (exact) mass is 437 g/mol. The SMILES string of the molecule is COCc1ccccc1NC(N)=NC1CC1c1ccccc1C.I. The largest absolute Gasteiger partial charge is 0.380 e. The summed E-state index contributed by atoms with van der Waals surface area (Å²) in [6.45, 7) is 2.70. The Morgan fingerprint density at radius 1 is 1.21 bits per heavy atom. The molecular formula is C19H24IN3O. The number of nitrogens with zero attached hydrogens (tertiary/aromatic N) is 1. The zero-order chi connectivity index (χ0) is 16.2. The van der Waals surface area contributed by atoms with Crippen molar-refractivity contribution in [3.8, 4) is 0 Å². The van der Waals surface area contributed by atoms with E-state index in [4.69, 9.17) is 10.5 Å². The van der Waals surface area contributed by atoms with Crippen LogP contribution in [0.1, 0.15) is 29.0 Å². The third kappa shape index (κ3) is 4.48. The standard InChI is InChI=1S/C19H23N3O.HI/c1-13-7-3-5-9-15(13)16-11-18(16)22-19(20)21-17-10-6-4-8-14(17)12-23-2;/h3-10,16,18H,11-12H2,1-2H3,(H3,20,21,22);1H. The van der Waals surface area contributed by atoms with E-state index in [1.165, 1.54) is 11.1 Å². The number of anilines is 1. The number of nitrogens with two attached hydrogens (primary N) is 1. The van der Waals surface area contributed by atoms with Crippen molar-refractivity contribution in [3.05, 3.63) is 65.2 Å².